The molecule has 2 fully saturated rings. The van der Waals surface area contributed by atoms with E-state index in [2.05, 4.69) is 29.0 Å². The molecule has 2 heterocycles. The number of nitrogens with one attached hydrogen (secondary N) is 1. The van der Waals surface area contributed by atoms with E-state index >= 15 is 0 Å². The molecule has 1 N–H and O–H groups in total. The lowest BCUT2D eigenvalue weighted by Crippen LogP contribution is -2.58. The van der Waals surface area contributed by atoms with Crippen molar-refractivity contribution in [2.45, 2.75) is 58.0 Å². The summed E-state index contributed by atoms with van der Waals surface area (Å²) in [4.78, 5) is 23.1. The van der Waals surface area contributed by atoms with Crippen molar-refractivity contribution in [2.75, 3.05) is 39.9 Å². The summed E-state index contributed by atoms with van der Waals surface area (Å²) in [5.41, 5.74) is 0.911. The first-order valence-electron chi connectivity index (χ1n) is 9.69. The molecule has 1 saturated heterocycles. The van der Waals surface area contributed by atoms with Gasteiger partial charge in [-0.1, -0.05) is 12.8 Å². The van der Waals surface area contributed by atoms with Gasteiger partial charge in [0.25, 0.3) is 0 Å². The maximum Gasteiger partial charge on any atom is 0.318 e. The highest BCUT2D eigenvalue weighted by atomic mass is 32.1. The van der Waals surface area contributed by atoms with Gasteiger partial charge >= 0.3 is 6.03 Å². The van der Waals surface area contributed by atoms with Crippen LogP contribution in [0.3, 0.4) is 0 Å². The predicted octanol–water partition coefficient (Wildman–Crippen LogP) is 3.11. The van der Waals surface area contributed by atoms with Crippen molar-refractivity contribution >= 4 is 17.4 Å². The van der Waals surface area contributed by atoms with E-state index in [1.165, 1.54) is 17.7 Å². The van der Waals surface area contributed by atoms with E-state index < -0.39 is 0 Å². The molecule has 1 aromatic rings. The number of aryl methyl sites for hydroxylation is 2. The van der Waals surface area contributed by atoms with Crippen LogP contribution in [-0.4, -0.2) is 66.2 Å². The highest BCUT2D eigenvalue weighted by molar-refractivity contribution is 7.11. The summed E-state index contributed by atoms with van der Waals surface area (Å²) < 4.78 is 5.47. The second-order valence-corrected chi connectivity index (χ2v) is 9.17. The average molecular weight is 381 g/mol. The maximum absolute atomic E-state index is 13.0. The van der Waals surface area contributed by atoms with E-state index in [4.69, 9.17) is 4.74 Å². The van der Waals surface area contributed by atoms with Gasteiger partial charge in [-0.2, -0.15) is 0 Å². The SMILES string of the molecule is Cc1nc([C@@H](C)N(C)C(=O)NC2(CN3CCOCC3)CCCC2)c(C)s1. The van der Waals surface area contributed by atoms with Gasteiger partial charge in [0, 0.05) is 31.6 Å². The fourth-order valence-corrected chi connectivity index (χ4v) is 5.08. The molecule has 1 atom stereocenters. The number of ether oxygens (including phenoxy) is 1. The van der Waals surface area contributed by atoms with Gasteiger partial charge in [0.15, 0.2) is 0 Å². The molecule has 0 unspecified atom stereocenters. The number of hydrogen-bond donors (Lipinski definition) is 1. The van der Waals surface area contributed by atoms with E-state index in [-0.39, 0.29) is 17.6 Å². The molecule has 0 spiro atoms. The van der Waals surface area contributed by atoms with Gasteiger partial charge in [0.2, 0.25) is 0 Å². The van der Waals surface area contributed by atoms with Crippen molar-refractivity contribution in [2.24, 2.45) is 0 Å². The molecule has 146 valence electrons. The van der Waals surface area contributed by atoms with Crippen LogP contribution in [0.5, 0.6) is 0 Å². The van der Waals surface area contributed by atoms with E-state index in [9.17, 15) is 4.79 Å². The maximum atomic E-state index is 13.0. The van der Waals surface area contributed by atoms with Crippen LogP contribution >= 0.6 is 11.3 Å². The number of nitrogens with zero attached hydrogens (tertiary/aromatic N) is 3. The van der Waals surface area contributed by atoms with Crippen LogP contribution in [0, 0.1) is 13.8 Å². The van der Waals surface area contributed by atoms with E-state index in [0.717, 1.165) is 56.4 Å². The van der Waals surface area contributed by atoms with E-state index in [0.29, 0.717) is 0 Å². The fourth-order valence-electron chi connectivity index (χ4n) is 4.17. The van der Waals surface area contributed by atoms with E-state index in [1.807, 2.05) is 14.0 Å². The lowest BCUT2D eigenvalue weighted by molar-refractivity contribution is 0.0245. The quantitative estimate of drug-likeness (QED) is 0.853. The van der Waals surface area contributed by atoms with Crippen LogP contribution in [0.15, 0.2) is 0 Å². The highest BCUT2D eigenvalue weighted by Crippen LogP contribution is 2.32. The number of morpholine rings is 1. The first-order valence-corrected chi connectivity index (χ1v) is 10.5. The third-order valence-electron chi connectivity index (χ3n) is 5.80. The molecular formula is C19H32N4O2S. The topological polar surface area (TPSA) is 57.7 Å². The van der Waals surface area contributed by atoms with E-state index in [1.54, 1.807) is 16.2 Å². The molecule has 2 aliphatic rings. The fraction of sp³-hybridized carbons (Fsp3) is 0.789. The van der Waals surface area contributed by atoms with Gasteiger partial charge in [0.05, 0.1) is 35.5 Å². The van der Waals surface area contributed by atoms with Crippen LogP contribution in [0.4, 0.5) is 4.79 Å². The monoisotopic (exact) mass is 380 g/mol. The van der Waals surface area contributed by atoms with Crippen molar-refractivity contribution in [3.63, 3.8) is 0 Å². The van der Waals surface area contributed by atoms with Crippen molar-refractivity contribution < 1.29 is 9.53 Å². The number of rotatable bonds is 5. The Hall–Kier alpha value is -1.18. The average Bonchev–Trinajstić information content (AvgIpc) is 3.20. The Morgan fingerprint density at radius 3 is 2.58 bits per heavy atom. The molecule has 1 aliphatic heterocycles. The summed E-state index contributed by atoms with van der Waals surface area (Å²) in [5, 5.41) is 4.45. The molecule has 1 saturated carbocycles. The summed E-state index contributed by atoms with van der Waals surface area (Å²) in [6.07, 6.45) is 4.50. The molecule has 7 heteroatoms. The number of carbonyl (C=O) groups excluding carboxylic acids is 1. The minimum absolute atomic E-state index is 0.0118. The molecule has 26 heavy (non-hydrogen) atoms. The summed E-state index contributed by atoms with van der Waals surface area (Å²) in [6, 6.07) is -0.0143. The zero-order chi connectivity index (χ0) is 18.7. The molecule has 0 aromatic carbocycles. The number of carbonyl (C=O) groups is 1. The molecule has 0 radical (unpaired) electrons. The number of amides is 2. The Balaban J connectivity index is 1.66. The number of hydrogen-bond acceptors (Lipinski definition) is 5. The minimum atomic E-state index is -0.102. The Labute approximate surface area is 160 Å². The predicted molar refractivity (Wildman–Crippen MR) is 105 cm³/mol. The molecular weight excluding hydrogens is 348 g/mol. The lowest BCUT2D eigenvalue weighted by Gasteiger charge is -2.39. The minimum Gasteiger partial charge on any atom is -0.379 e. The van der Waals surface area contributed by atoms with Crippen LogP contribution in [0.1, 0.15) is 54.2 Å². The zero-order valence-corrected chi connectivity index (χ0v) is 17.3. The molecule has 0 bridgehead atoms. The third-order valence-corrected chi connectivity index (χ3v) is 6.70. The first-order chi connectivity index (χ1) is 12.4. The van der Waals surface area contributed by atoms with Gasteiger partial charge in [-0.15, -0.1) is 11.3 Å². The Morgan fingerprint density at radius 2 is 2.00 bits per heavy atom. The highest BCUT2D eigenvalue weighted by Gasteiger charge is 2.38. The largest absolute Gasteiger partial charge is 0.379 e. The van der Waals surface area contributed by atoms with Crippen molar-refractivity contribution in [3.05, 3.63) is 15.6 Å². The standard InChI is InChI=1S/C19H32N4O2S/c1-14(17-15(2)26-16(3)20-17)22(4)18(24)21-19(7-5-6-8-19)13-23-9-11-25-12-10-23/h14H,5-13H2,1-4H3,(H,21,24)/t14-/m1/s1. The van der Waals surface area contributed by atoms with Crippen molar-refractivity contribution in [1.82, 2.24) is 20.1 Å². The van der Waals surface area contributed by atoms with Gasteiger partial charge in [-0.3, -0.25) is 4.90 Å². The summed E-state index contributed by atoms with van der Waals surface area (Å²) in [5.74, 6) is 0. The second-order valence-electron chi connectivity index (χ2n) is 7.77. The number of aromatic nitrogens is 1. The summed E-state index contributed by atoms with van der Waals surface area (Å²) >= 11 is 1.69. The molecule has 1 aliphatic carbocycles. The normalized spacial score (nSPS) is 21.5. The van der Waals surface area contributed by atoms with Gasteiger partial charge < -0.3 is 15.0 Å². The summed E-state index contributed by atoms with van der Waals surface area (Å²) in [7, 11) is 1.88. The summed E-state index contributed by atoms with van der Waals surface area (Å²) in [6.45, 7) is 10.6. The van der Waals surface area contributed by atoms with Crippen molar-refractivity contribution in [3.8, 4) is 0 Å². The van der Waals surface area contributed by atoms with Gasteiger partial charge in [-0.25, -0.2) is 9.78 Å². The molecule has 3 rings (SSSR count). The third kappa shape index (κ3) is 4.38. The Bertz CT molecular complexity index is 621. The number of thiazole rings is 1. The molecule has 2 amide bonds. The Morgan fingerprint density at radius 1 is 1.35 bits per heavy atom. The molecule has 6 nitrogen and oxygen atoms in total. The van der Waals surface area contributed by atoms with Crippen molar-refractivity contribution in [1.29, 1.82) is 0 Å². The second kappa shape index (κ2) is 8.23. The Kier molecular flexibility index (Phi) is 6.20. The number of urea groups is 1. The van der Waals surface area contributed by atoms with Crippen LogP contribution in [-0.2, 0) is 4.74 Å². The smallest absolute Gasteiger partial charge is 0.318 e. The molecule has 1 aromatic heterocycles. The van der Waals surface area contributed by atoms with Crippen LogP contribution in [0.25, 0.3) is 0 Å². The first kappa shape index (κ1) is 19.6. The van der Waals surface area contributed by atoms with Gasteiger partial charge in [-0.05, 0) is 33.6 Å². The van der Waals surface area contributed by atoms with Crippen LogP contribution < -0.4 is 5.32 Å². The zero-order valence-electron chi connectivity index (χ0n) is 16.5. The van der Waals surface area contributed by atoms with Gasteiger partial charge in [0.1, 0.15) is 0 Å². The van der Waals surface area contributed by atoms with Crippen LogP contribution in [0.2, 0.25) is 0 Å². The lowest BCUT2D eigenvalue weighted by atomic mass is 9.96.